The minimum absolute atomic E-state index is 0.0962. The van der Waals surface area contributed by atoms with E-state index in [1.54, 1.807) is 13.1 Å². The summed E-state index contributed by atoms with van der Waals surface area (Å²) in [4.78, 5) is 21.1. The number of phenols is 1. The van der Waals surface area contributed by atoms with Gasteiger partial charge in [0.2, 0.25) is 0 Å². The van der Waals surface area contributed by atoms with Crippen LogP contribution in [-0.2, 0) is 21.4 Å². The highest BCUT2D eigenvalue weighted by molar-refractivity contribution is 5.75. The molecule has 1 aromatic carbocycles. The molecule has 4 bridgehead atoms. The van der Waals surface area contributed by atoms with Gasteiger partial charge in [0.25, 0.3) is 0 Å². The Bertz CT molecular complexity index is 984. The Morgan fingerprint density at radius 1 is 1.16 bits per heavy atom. The smallest absolute Gasteiger partial charge is 0.325 e. The van der Waals surface area contributed by atoms with E-state index in [1.165, 1.54) is 38.5 Å². The number of aromatic hydroxyl groups is 1. The first kappa shape index (κ1) is 21.2. The normalized spacial score (nSPS) is 28.0. The summed E-state index contributed by atoms with van der Waals surface area (Å²) >= 11 is 0. The number of aromatic nitrogens is 2. The van der Waals surface area contributed by atoms with E-state index in [2.05, 4.69) is 16.4 Å². The Kier molecular flexibility index (Phi) is 5.56. The lowest BCUT2D eigenvalue weighted by Crippen LogP contribution is -2.48. The molecule has 0 unspecified atom stereocenters. The Hall–Kier alpha value is -2.63. The van der Waals surface area contributed by atoms with Crippen LogP contribution < -0.4 is 5.32 Å². The Morgan fingerprint density at radius 2 is 1.84 bits per heavy atom. The summed E-state index contributed by atoms with van der Waals surface area (Å²) in [7, 11) is 0. The third-order valence-corrected chi connectivity index (χ3v) is 7.80. The molecule has 4 aliphatic carbocycles. The molecule has 1 aromatic heterocycles. The molecule has 6 heteroatoms. The summed E-state index contributed by atoms with van der Waals surface area (Å²) < 4.78 is 4.99. The molecule has 6 nitrogen and oxygen atoms in total. The summed E-state index contributed by atoms with van der Waals surface area (Å²) in [6, 6.07) is 5.88. The predicted octanol–water partition coefficient (Wildman–Crippen LogP) is 4.85. The fourth-order valence-corrected chi connectivity index (χ4v) is 6.89. The molecule has 6 rings (SSSR count). The van der Waals surface area contributed by atoms with Crippen LogP contribution in [0.2, 0.25) is 0 Å². The Morgan fingerprint density at radius 3 is 2.47 bits per heavy atom. The molecule has 32 heavy (non-hydrogen) atoms. The van der Waals surface area contributed by atoms with Crippen LogP contribution in [0.25, 0.3) is 11.4 Å². The Labute approximate surface area is 189 Å². The first-order valence-electron chi connectivity index (χ1n) is 12.1. The summed E-state index contributed by atoms with van der Waals surface area (Å²) in [5.41, 5.74) is 3.78. The number of nitrogens with zero attached hydrogens (tertiary/aromatic N) is 2. The second-order valence-electron chi connectivity index (χ2n) is 10.00. The molecular formula is C26H33N3O3. The lowest BCUT2D eigenvalue weighted by molar-refractivity contribution is -0.140. The number of carbonyl (C=O) groups is 1. The van der Waals surface area contributed by atoms with E-state index in [9.17, 15) is 9.90 Å². The minimum atomic E-state index is -0.294. The van der Waals surface area contributed by atoms with Crippen molar-refractivity contribution in [3.8, 4) is 17.1 Å². The number of hydrogen-bond acceptors (Lipinski definition) is 6. The molecule has 0 saturated heterocycles. The highest BCUT2D eigenvalue weighted by atomic mass is 16.5. The SMILES string of the molecule is CCOC(=O)CNc1cnc(-c2ccc(O)c(C34CC5CC(CC(C5)C3)C4)c2)nc1CC. The molecule has 170 valence electrons. The van der Waals surface area contributed by atoms with Crippen molar-refractivity contribution >= 4 is 11.7 Å². The van der Waals surface area contributed by atoms with Gasteiger partial charge in [0.1, 0.15) is 12.3 Å². The minimum Gasteiger partial charge on any atom is -0.508 e. The van der Waals surface area contributed by atoms with E-state index in [1.807, 2.05) is 19.1 Å². The van der Waals surface area contributed by atoms with E-state index in [4.69, 9.17) is 9.72 Å². The van der Waals surface area contributed by atoms with Gasteiger partial charge in [-0.25, -0.2) is 9.97 Å². The molecule has 0 atom stereocenters. The van der Waals surface area contributed by atoms with Crippen LogP contribution in [0.4, 0.5) is 5.69 Å². The molecular weight excluding hydrogens is 402 g/mol. The second kappa shape index (κ2) is 8.38. The maximum absolute atomic E-state index is 11.7. The van der Waals surface area contributed by atoms with Gasteiger partial charge in [0.05, 0.1) is 24.2 Å². The molecule has 4 aliphatic rings. The van der Waals surface area contributed by atoms with Crippen LogP contribution in [0.3, 0.4) is 0 Å². The molecule has 2 aromatic rings. The molecule has 0 aliphatic heterocycles. The summed E-state index contributed by atoms with van der Waals surface area (Å²) in [6.45, 7) is 4.30. The van der Waals surface area contributed by atoms with Crippen molar-refractivity contribution in [2.24, 2.45) is 17.8 Å². The number of carbonyl (C=O) groups excluding carboxylic acids is 1. The van der Waals surface area contributed by atoms with Crippen LogP contribution >= 0.6 is 0 Å². The zero-order valence-corrected chi connectivity index (χ0v) is 19.1. The molecule has 0 radical (unpaired) electrons. The number of anilines is 1. The van der Waals surface area contributed by atoms with Gasteiger partial charge in [-0.05, 0) is 93.2 Å². The van der Waals surface area contributed by atoms with Gasteiger partial charge in [0.15, 0.2) is 5.82 Å². The lowest BCUT2D eigenvalue weighted by atomic mass is 9.48. The van der Waals surface area contributed by atoms with Gasteiger partial charge in [-0.2, -0.15) is 0 Å². The number of benzene rings is 1. The van der Waals surface area contributed by atoms with Gasteiger partial charge in [-0.15, -0.1) is 0 Å². The number of aryl methyl sites for hydroxylation is 1. The van der Waals surface area contributed by atoms with E-state index in [0.717, 1.165) is 46.7 Å². The van der Waals surface area contributed by atoms with Crippen molar-refractivity contribution in [2.75, 3.05) is 18.5 Å². The van der Waals surface area contributed by atoms with E-state index in [-0.39, 0.29) is 17.9 Å². The summed E-state index contributed by atoms with van der Waals surface area (Å²) in [5, 5.41) is 14.0. The quantitative estimate of drug-likeness (QED) is 0.605. The van der Waals surface area contributed by atoms with Crippen molar-refractivity contribution in [3.05, 3.63) is 35.7 Å². The van der Waals surface area contributed by atoms with Crippen molar-refractivity contribution in [2.45, 2.75) is 64.2 Å². The standard InChI is InChI=1S/C26H33N3O3/c1-3-21-22(27-15-24(31)32-4-2)14-28-25(29-21)19-5-6-23(30)20(10-19)26-11-16-7-17(12-26)9-18(8-16)13-26/h5-6,10,14,16-18,27,30H,3-4,7-9,11-13,15H2,1-2H3. The fraction of sp³-hybridized carbons (Fsp3) is 0.577. The monoisotopic (exact) mass is 435 g/mol. The molecule has 1 heterocycles. The van der Waals surface area contributed by atoms with Crippen molar-refractivity contribution in [3.63, 3.8) is 0 Å². The van der Waals surface area contributed by atoms with Crippen molar-refractivity contribution in [1.29, 1.82) is 0 Å². The van der Waals surface area contributed by atoms with Crippen LogP contribution in [0.15, 0.2) is 24.4 Å². The maximum Gasteiger partial charge on any atom is 0.325 e. The van der Waals surface area contributed by atoms with Gasteiger partial charge < -0.3 is 15.2 Å². The molecule has 0 spiro atoms. The van der Waals surface area contributed by atoms with E-state index < -0.39 is 0 Å². The lowest BCUT2D eigenvalue weighted by Gasteiger charge is -2.57. The van der Waals surface area contributed by atoms with Gasteiger partial charge in [0, 0.05) is 11.1 Å². The molecule has 4 saturated carbocycles. The number of ether oxygens (including phenoxy) is 1. The second-order valence-corrected chi connectivity index (χ2v) is 10.00. The number of nitrogens with one attached hydrogen (secondary N) is 1. The molecule has 0 amide bonds. The van der Waals surface area contributed by atoms with E-state index in [0.29, 0.717) is 18.2 Å². The van der Waals surface area contributed by atoms with Gasteiger partial charge >= 0.3 is 5.97 Å². The fourth-order valence-electron chi connectivity index (χ4n) is 6.89. The molecule has 2 N–H and O–H groups in total. The third kappa shape index (κ3) is 3.84. The number of rotatable bonds is 7. The summed E-state index contributed by atoms with van der Waals surface area (Å²) in [5.74, 6) is 3.23. The average molecular weight is 436 g/mol. The number of phenolic OH excluding ortho intramolecular Hbond substituents is 1. The Balaban J connectivity index is 1.43. The first-order valence-corrected chi connectivity index (χ1v) is 12.1. The largest absolute Gasteiger partial charge is 0.508 e. The van der Waals surface area contributed by atoms with Crippen molar-refractivity contribution < 1.29 is 14.6 Å². The zero-order chi connectivity index (χ0) is 22.3. The third-order valence-electron chi connectivity index (χ3n) is 7.80. The highest BCUT2D eigenvalue weighted by Gasteiger charge is 2.52. The molecule has 4 fully saturated rings. The maximum atomic E-state index is 11.7. The first-order chi connectivity index (χ1) is 15.5. The van der Waals surface area contributed by atoms with Crippen LogP contribution in [0.5, 0.6) is 5.75 Å². The predicted molar refractivity (Wildman–Crippen MR) is 123 cm³/mol. The van der Waals surface area contributed by atoms with E-state index >= 15 is 0 Å². The van der Waals surface area contributed by atoms with Gasteiger partial charge in [-0.3, -0.25) is 4.79 Å². The van der Waals surface area contributed by atoms with Crippen molar-refractivity contribution in [1.82, 2.24) is 9.97 Å². The average Bonchev–Trinajstić information content (AvgIpc) is 2.77. The van der Waals surface area contributed by atoms with Crippen LogP contribution in [0.1, 0.15) is 63.6 Å². The van der Waals surface area contributed by atoms with Gasteiger partial charge in [-0.1, -0.05) is 6.92 Å². The zero-order valence-electron chi connectivity index (χ0n) is 19.1. The topological polar surface area (TPSA) is 84.3 Å². The van der Waals surface area contributed by atoms with Crippen LogP contribution in [0, 0.1) is 17.8 Å². The highest BCUT2D eigenvalue weighted by Crippen LogP contribution is 2.62. The summed E-state index contributed by atoms with van der Waals surface area (Å²) in [6.07, 6.45) is 10.2. The number of hydrogen-bond donors (Lipinski definition) is 2. The van der Waals surface area contributed by atoms with Crippen LogP contribution in [-0.4, -0.2) is 34.2 Å². The number of esters is 1.